The van der Waals surface area contributed by atoms with Crippen molar-refractivity contribution in [3.8, 4) is 11.1 Å². The van der Waals surface area contributed by atoms with E-state index in [2.05, 4.69) is 52.5 Å². The molecule has 1 aromatic heterocycles. The van der Waals surface area contributed by atoms with Crippen molar-refractivity contribution in [2.45, 2.75) is 97.2 Å². The highest BCUT2D eigenvalue weighted by Gasteiger charge is 2.21. The fourth-order valence-corrected chi connectivity index (χ4v) is 5.91. The summed E-state index contributed by atoms with van der Waals surface area (Å²) in [4.78, 5) is 30.5. The zero-order valence-corrected chi connectivity index (χ0v) is 26.6. The Balaban J connectivity index is 1.35. The van der Waals surface area contributed by atoms with Crippen molar-refractivity contribution in [1.82, 2.24) is 14.9 Å². The maximum absolute atomic E-state index is 12.9. The molecule has 44 heavy (non-hydrogen) atoms. The number of fused-ring (bicyclic) bond motifs is 1. The molecule has 0 unspecified atom stereocenters. The minimum Gasteiger partial charge on any atom is -0.456 e. The van der Waals surface area contributed by atoms with Crippen LogP contribution in [0.3, 0.4) is 0 Å². The molecule has 0 atom stereocenters. The minimum absolute atomic E-state index is 0.0440. The van der Waals surface area contributed by atoms with Crippen LogP contribution in [-0.4, -0.2) is 39.6 Å². The predicted octanol–water partition coefficient (Wildman–Crippen LogP) is 7.91. The van der Waals surface area contributed by atoms with Gasteiger partial charge in [-0.05, 0) is 81.0 Å². The number of hydrogen-bond donors (Lipinski definition) is 2. The molecule has 232 valence electrons. The number of amides is 1. The van der Waals surface area contributed by atoms with Crippen LogP contribution in [0.15, 0.2) is 66.7 Å². The molecule has 2 N–H and O–H groups in total. The number of carbonyl (C=O) groups excluding carboxylic acids is 2. The standard InChI is InChI=1S/C37H46N4O3/c1-5-6-16-34-40-32-22-21-29(38-24-35(42)39-28-12-8-7-9-13-28)23-33(32)41(34)25-26-17-19-27(20-18-26)30-14-10-11-15-31(30)36(43)44-37(2,3)4/h10-11,14-15,17-23,28,38H,5-9,12-13,16,24-25H2,1-4H3,(H,39,42). The molecule has 0 bridgehead atoms. The van der Waals surface area contributed by atoms with Gasteiger partial charge in [0.25, 0.3) is 0 Å². The molecular weight excluding hydrogens is 548 g/mol. The number of aryl methyl sites for hydroxylation is 1. The molecule has 5 rings (SSSR count). The van der Waals surface area contributed by atoms with Crippen LogP contribution in [0.25, 0.3) is 22.2 Å². The van der Waals surface area contributed by atoms with E-state index in [0.29, 0.717) is 18.2 Å². The molecule has 1 aliphatic rings. The normalized spacial score (nSPS) is 14.0. The number of imidazole rings is 1. The van der Waals surface area contributed by atoms with Gasteiger partial charge in [0.05, 0.1) is 23.1 Å². The molecule has 1 fully saturated rings. The molecular formula is C37H46N4O3. The summed E-state index contributed by atoms with van der Waals surface area (Å²) in [6.45, 7) is 8.77. The number of anilines is 1. The number of ether oxygens (including phenoxy) is 1. The Bertz CT molecular complexity index is 1580. The Hall–Kier alpha value is -4.13. The van der Waals surface area contributed by atoms with Gasteiger partial charge >= 0.3 is 5.97 Å². The number of benzene rings is 3. The molecule has 0 spiro atoms. The molecule has 3 aromatic carbocycles. The van der Waals surface area contributed by atoms with E-state index >= 15 is 0 Å². The van der Waals surface area contributed by atoms with Crippen molar-refractivity contribution in [2.75, 3.05) is 11.9 Å². The summed E-state index contributed by atoms with van der Waals surface area (Å²) in [5.41, 5.74) is 5.88. The Labute approximate surface area is 261 Å². The second-order valence-electron chi connectivity index (χ2n) is 12.9. The molecule has 0 aliphatic heterocycles. The number of rotatable bonds is 11. The third kappa shape index (κ3) is 8.07. The third-order valence-corrected chi connectivity index (χ3v) is 8.16. The highest BCUT2D eigenvalue weighted by molar-refractivity contribution is 5.97. The number of unbranched alkanes of at least 4 members (excludes halogenated alkanes) is 1. The van der Waals surface area contributed by atoms with Gasteiger partial charge in [-0.3, -0.25) is 4.79 Å². The summed E-state index contributed by atoms with van der Waals surface area (Å²) in [6, 6.07) is 22.4. The van der Waals surface area contributed by atoms with Crippen molar-refractivity contribution >= 4 is 28.6 Å². The van der Waals surface area contributed by atoms with Crippen LogP contribution in [0.2, 0.25) is 0 Å². The second-order valence-corrected chi connectivity index (χ2v) is 12.9. The average Bonchev–Trinajstić information content (AvgIpc) is 3.35. The van der Waals surface area contributed by atoms with E-state index in [1.165, 1.54) is 19.3 Å². The summed E-state index contributed by atoms with van der Waals surface area (Å²) in [6.07, 6.45) is 8.88. The molecule has 7 heteroatoms. The van der Waals surface area contributed by atoms with Crippen molar-refractivity contribution in [2.24, 2.45) is 0 Å². The Morgan fingerprint density at radius 3 is 2.45 bits per heavy atom. The molecule has 7 nitrogen and oxygen atoms in total. The Kier molecular flexibility index (Phi) is 10.0. The zero-order valence-electron chi connectivity index (χ0n) is 26.6. The molecule has 0 saturated heterocycles. The summed E-state index contributed by atoms with van der Waals surface area (Å²) >= 11 is 0. The first kappa shape index (κ1) is 31.3. The summed E-state index contributed by atoms with van der Waals surface area (Å²) in [5, 5.41) is 6.52. The van der Waals surface area contributed by atoms with Gasteiger partial charge < -0.3 is 19.9 Å². The summed E-state index contributed by atoms with van der Waals surface area (Å²) in [5.74, 6) is 0.786. The first-order chi connectivity index (χ1) is 21.2. The van der Waals surface area contributed by atoms with Gasteiger partial charge in [0.1, 0.15) is 11.4 Å². The van der Waals surface area contributed by atoms with Gasteiger partial charge in [0, 0.05) is 24.7 Å². The van der Waals surface area contributed by atoms with Gasteiger partial charge in [0.15, 0.2) is 0 Å². The lowest BCUT2D eigenvalue weighted by atomic mass is 9.95. The molecule has 1 amide bonds. The SMILES string of the molecule is CCCCc1nc2ccc(NCC(=O)NC3CCCCC3)cc2n1Cc1ccc(-c2ccccc2C(=O)OC(C)(C)C)cc1. The smallest absolute Gasteiger partial charge is 0.339 e. The number of nitrogens with zero attached hydrogens (tertiary/aromatic N) is 2. The maximum atomic E-state index is 12.9. The van der Waals surface area contributed by atoms with Crippen LogP contribution in [0, 0.1) is 0 Å². The van der Waals surface area contributed by atoms with Gasteiger partial charge in [-0.15, -0.1) is 0 Å². The first-order valence-electron chi connectivity index (χ1n) is 16.1. The zero-order chi connectivity index (χ0) is 31.1. The van der Waals surface area contributed by atoms with Crippen LogP contribution >= 0.6 is 0 Å². The number of hydrogen-bond acceptors (Lipinski definition) is 5. The number of aromatic nitrogens is 2. The lowest BCUT2D eigenvalue weighted by Crippen LogP contribution is -2.39. The van der Waals surface area contributed by atoms with Gasteiger partial charge in [-0.1, -0.05) is 75.1 Å². The Morgan fingerprint density at radius 1 is 0.977 bits per heavy atom. The van der Waals surface area contributed by atoms with Crippen molar-refractivity contribution in [1.29, 1.82) is 0 Å². The first-order valence-corrected chi connectivity index (χ1v) is 16.1. The molecule has 1 saturated carbocycles. The lowest BCUT2D eigenvalue weighted by molar-refractivity contribution is -0.120. The van der Waals surface area contributed by atoms with Gasteiger partial charge in [0.2, 0.25) is 5.91 Å². The summed E-state index contributed by atoms with van der Waals surface area (Å²) < 4.78 is 7.96. The highest BCUT2D eigenvalue weighted by Crippen LogP contribution is 2.28. The van der Waals surface area contributed by atoms with E-state index < -0.39 is 5.60 Å². The average molecular weight is 595 g/mol. The topological polar surface area (TPSA) is 85.3 Å². The van der Waals surface area contributed by atoms with Gasteiger partial charge in [-0.25, -0.2) is 9.78 Å². The number of nitrogens with one attached hydrogen (secondary N) is 2. The fraction of sp³-hybridized carbons (Fsp3) is 0.432. The van der Waals surface area contributed by atoms with Crippen molar-refractivity contribution in [3.63, 3.8) is 0 Å². The van der Waals surface area contributed by atoms with Crippen LogP contribution in [0.5, 0.6) is 0 Å². The molecule has 1 aliphatic carbocycles. The quantitative estimate of drug-likeness (QED) is 0.172. The third-order valence-electron chi connectivity index (χ3n) is 8.16. The largest absolute Gasteiger partial charge is 0.456 e. The molecule has 1 heterocycles. The maximum Gasteiger partial charge on any atom is 0.339 e. The van der Waals surface area contributed by atoms with Crippen LogP contribution in [0.4, 0.5) is 5.69 Å². The highest BCUT2D eigenvalue weighted by atomic mass is 16.6. The Morgan fingerprint density at radius 2 is 1.73 bits per heavy atom. The van der Waals surface area contributed by atoms with Crippen LogP contribution < -0.4 is 10.6 Å². The van der Waals surface area contributed by atoms with Crippen molar-refractivity contribution in [3.05, 3.63) is 83.7 Å². The van der Waals surface area contributed by atoms with E-state index in [-0.39, 0.29) is 18.4 Å². The van der Waals surface area contributed by atoms with E-state index in [1.807, 2.05) is 57.2 Å². The van der Waals surface area contributed by atoms with E-state index in [0.717, 1.165) is 71.3 Å². The second kappa shape index (κ2) is 14.1. The lowest BCUT2D eigenvalue weighted by Gasteiger charge is -2.22. The van der Waals surface area contributed by atoms with Crippen LogP contribution in [-0.2, 0) is 22.5 Å². The molecule has 0 radical (unpaired) electrons. The predicted molar refractivity (Wildman–Crippen MR) is 178 cm³/mol. The van der Waals surface area contributed by atoms with E-state index in [9.17, 15) is 9.59 Å². The van der Waals surface area contributed by atoms with Crippen LogP contribution in [0.1, 0.15) is 94.4 Å². The number of esters is 1. The van der Waals surface area contributed by atoms with E-state index in [1.54, 1.807) is 0 Å². The number of carbonyl (C=O) groups is 2. The summed E-state index contributed by atoms with van der Waals surface area (Å²) in [7, 11) is 0. The van der Waals surface area contributed by atoms with Gasteiger partial charge in [-0.2, -0.15) is 0 Å². The molecule has 4 aromatic rings. The fourth-order valence-electron chi connectivity index (χ4n) is 5.91. The monoisotopic (exact) mass is 594 g/mol. The minimum atomic E-state index is -0.562. The van der Waals surface area contributed by atoms with Crippen molar-refractivity contribution < 1.29 is 14.3 Å². The van der Waals surface area contributed by atoms with E-state index in [4.69, 9.17) is 9.72 Å².